The number of azide groups is 1. The zero-order chi connectivity index (χ0) is 27.3. The van der Waals surface area contributed by atoms with Crippen molar-refractivity contribution in [3.63, 3.8) is 0 Å². The predicted molar refractivity (Wildman–Crippen MR) is 119 cm³/mol. The van der Waals surface area contributed by atoms with Crippen LogP contribution in [0.2, 0.25) is 0 Å². The molecule has 9 atom stereocenters. The van der Waals surface area contributed by atoms with Crippen LogP contribution in [-0.2, 0) is 27.8 Å². The Morgan fingerprint density at radius 2 is 1.86 bits per heavy atom. The van der Waals surface area contributed by atoms with Crippen LogP contribution in [0.1, 0.15) is 18.2 Å². The maximum absolute atomic E-state index is 12.4. The first kappa shape index (κ1) is 29.4. The van der Waals surface area contributed by atoms with Gasteiger partial charge < -0.3 is 39.5 Å². The van der Waals surface area contributed by atoms with Crippen molar-refractivity contribution in [2.75, 3.05) is 26.4 Å². The molecule has 2 saturated heterocycles. The lowest BCUT2D eigenvalue weighted by atomic mass is 9.99. The molecule has 208 valence electrons. The summed E-state index contributed by atoms with van der Waals surface area (Å²) in [5.74, 6) is 0. The molecule has 3 heterocycles. The number of aliphatic hydroxyl groups is 4. The lowest BCUT2D eigenvalue weighted by molar-refractivity contribution is -0.301. The minimum Gasteiger partial charge on any atom is -0.394 e. The van der Waals surface area contributed by atoms with Crippen molar-refractivity contribution in [3.05, 3.63) is 43.0 Å². The van der Waals surface area contributed by atoms with E-state index >= 15 is 0 Å². The molecule has 0 spiro atoms. The fraction of sp³-hybridized carbons (Fsp3) is 0.778. The van der Waals surface area contributed by atoms with E-state index in [9.17, 15) is 34.4 Å². The van der Waals surface area contributed by atoms with Gasteiger partial charge in [-0.2, -0.15) is 0 Å². The fourth-order valence-electron chi connectivity index (χ4n) is 3.76. The van der Waals surface area contributed by atoms with E-state index in [4.69, 9.17) is 33.9 Å². The highest BCUT2D eigenvalue weighted by molar-refractivity contribution is 7.47. The number of hydrogen-bond acceptors (Lipinski definition) is 13. The van der Waals surface area contributed by atoms with Crippen LogP contribution in [0.4, 0.5) is 0 Å². The quantitative estimate of drug-likeness (QED) is 0.0733. The molecular weight excluding hydrogens is 525 g/mol. The van der Waals surface area contributed by atoms with Gasteiger partial charge in [-0.25, -0.2) is 9.36 Å². The van der Waals surface area contributed by atoms with E-state index in [2.05, 4.69) is 15.0 Å². The van der Waals surface area contributed by atoms with Gasteiger partial charge in [-0.05, 0) is 12.5 Å². The van der Waals surface area contributed by atoms with E-state index in [0.717, 1.165) is 4.57 Å². The van der Waals surface area contributed by atoms with E-state index in [-0.39, 0.29) is 18.6 Å². The molecule has 1 aromatic rings. The molecule has 19 heteroatoms. The molecule has 0 aromatic carbocycles. The summed E-state index contributed by atoms with van der Waals surface area (Å²) in [5, 5.41) is 42.4. The third-order valence-electron chi connectivity index (χ3n) is 5.71. The second kappa shape index (κ2) is 12.6. The topological polar surface area (TPSA) is 268 Å². The van der Waals surface area contributed by atoms with Crippen molar-refractivity contribution in [3.8, 4) is 0 Å². The number of nitrogens with zero attached hydrogens (tertiary/aromatic N) is 4. The maximum Gasteiger partial charge on any atom is 0.472 e. The lowest BCUT2D eigenvalue weighted by Crippen LogP contribution is -2.59. The highest BCUT2D eigenvalue weighted by atomic mass is 31.2. The number of hydrogen-bond donors (Lipinski definition) is 6. The van der Waals surface area contributed by atoms with Crippen molar-refractivity contribution in [1.82, 2.24) is 9.55 Å². The number of ether oxygens (including phenoxy) is 3. The number of aromatic nitrogens is 2. The Balaban J connectivity index is 1.61. The Hall–Kier alpha value is -2.18. The average molecular weight is 553 g/mol. The third-order valence-corrected chi connectivity index (χ3v) is 6.66. The normalized spacial score (nSPS) is 33.6. The molecule has 0 amide bonds. The molecule has 3 rings (SSSR count). The van der Waals surface area contributed by atoms with Gasteiger partial charge in [-0.15, -0.1) is 0 Å². The number of phosphoric acid groups is 1. The molecule has 0 aliphatic carbocycles. The van der Waals surface area contributed by atoms with Crippen LogP contribution in [-0.4, -0.2) is 104 Å². The van der Waals surface area contributed by atoms with Crippen molar-refractivity contribution in [2.45, 2.75) is 62.4 Å². The summed E-state index contributed by atoms with van der Waals surface area (Å²) in [6.07, 6.45) is -8.75. The minimum absolute atomic E-state index is 0.00237. The van der Waals surface area contributed by atoms with Gasteiger partial charge in [0.05, 0.1) is 38.6 Å². The highest BCUT2D eigenvalue weighted by Crippen LogP contribution is 2.45. The number of nitrogens with one attached hydrogen (secondary N) is 1. The summed E-state index contributed by atoms with van der Waals surface area (Å²) in [6.45, 7) is -0.564. The monoisotopic (exact) mass is 553 g/mol. The first-order valence-electron chi connectivity index (χ1n) is 11.0. The molecule has 6 N–H and O–H groups in total. The van der Waals surface area contributed by atoms with Gasteiger partial charge in [-0.3, -0.25) is 23.4 Å². The first-order valence-corrected chi connectivity index (χ1v) is 12.5. The molecule has 0 saturated carbocycles. The number of aromatic amines is 1. The summed E-state index contributed by atoms with van der Waals surface area (Å²) >= 11 is 0. The predicted octanol–water partition coefficient (Wildman–Crippen LogP) is -2.24. The minimum atomic E-state index is -4.82. The van der Waals surface area contributed by atoms with E-state index in [1.54, 1.807) is 0 Å². The Labute approximate surface area is 208 Å². The SMILES string of the molecule is Cc1cn([C@H]2C[C@H](N=[N+]=[N-])[C@@H](COP(=O)(O)OC[C@H]3O[C@@H](OCCO)[C@@H](O)[C@@H](O)[C@@H]3O)O2)c(=O)[nH]c1=O. The highest BCUT2D eigenvalue weighted by Gasteiger charge is 2.45. The summed E-state index contributed by atoms with van der Waals surface area (Å²) in [4.78, 5) is 38.7. The second-order valence-corrected chi connectivity index (χ2v) is 9.74. The van der Waals surface area contributed by atoms with Crippen LogP contribution in [0.15, 0.2) is 20.9 Å². The molecule has 1 unspecified atom stereocenters. The molecule has 18 nitrogen and oxygen atoms in total. The smallest absolute Gasteiger partial charge is 0.394 e. The number of rotatable bonds is 11. The number of phosphoric ester groups is 1. The van der Waals surface area contributed by atoms with Crippen molar-refractivity contribution in [2.24, 2.45) is 5.11 Å². The molecule has 2 fully saturated rings. The summed E-state index contributed by atoms with van der Waals surface area (Å²) < 4.78 is 39.2. The van der Waals surface area contributed by atoms with Gasteiger partial charge in [0, 0.05) is 23.1 Å². The zero-order valence-corrected chi connectivity index (χ0v) is 20.4. The van der Waals surface area contributed by atoms with Crippen LogP contribution < -0.4 is 11.2 Å². The summed E-state index contributed by atoms with van der Waals surface area (Å²) in [7, 11) is -4.82. The van der Waals surface area contributed by atoms with Crippen LogP contribution >= 0.6 is 7.82 Å². The van der Waals surface area contributed by atoms with Crippen LogP contribution in [0, 0.1) is 6.92 Å². The van der Waals surface area contributed by atoms with E-state index < -0.39 is 88.0 Å². The number of aryl methyl sites for hydroxylation is 1. The van der Waals surface area contributed by atoms with Crippen molar-refractivity contribution < 1.29 is 53.1 Å². The number of aliphatic hydroxyl groups excluding tert-OH is 4. The van der Waals surface area contributed by atoms with E-state index in [1.165, 1.54) is 13.1 Å². The van der Waals surface area contributed by atoms with Crippen LogP contribution in [0.3, 0.4) is 0 Å². The first-order chi connectivity index (χ1) is 17.5. The van der Waals surface area contributed by atoms with Crippen LogP contribution in [0.25, 0.3) is 10.4 Å². The largest absolute Gasteiger partial charge is 0.472 e. The molecule has 37 heavy (non-hydrogen) atoms. The van der Waals surface area contributed by atoms with Gasteiger partial charge in [0.2, 0.25) is 0 Å². The summed E-state index contributed by atoms with van der Waals surface area (Å²) in [5.41, 5.74) is 7.73. The van der Waals surface area contributed by atoms with E-state index in [0.29, 0.717) is 0 Å². The lowest BCUT2D eigenvalue weighted by Gasteiger charge is -2.40. The molecule has 2 aliphatic heterocycles. The molecule has 0 radical (unpaired) electrons. The number of H-pyrrole nitrogens is 1. The molecule has 0 bridgehead atoms. The Bertz CT molecular complexity index is 1140. The van der Waals surface area contributed by atoms with Gasteiger partial charge >= 0.3 is 13.5 Å². The van der Waals surface area contributed by atoms with Crippen molar-refractivity contribution in [1.29, 1.82) is 0 Å². The molecule has 2 aliphatic rings. The molecular formula is C18H28N5O13P. The van der Waals surface area contributed by atoms with E-state index in [1.807, 2.05) is 0 Å². The standard InChI is InChI=1S/C18H28N5O13P/c1-8-5-23(18(29)20-16(8)28)12-4-9(21-22-19)10(35-12)6-33-37(30,31)34-7-11-13(25)14(26)15(27)17(36-11)32-3-2-24/h5,9-15,17,24-27H,2-4,6-7H2,1H3,(H,30,31)(H,20,28,29)/t9-,10+,11+,12+,13+,14-,15-,17+/m0/s1. The average Bonchev–Trinajstić information content (AvgIpc) is 3.25. The van der Waals surface area contributed by atoms with Gasteiger partial charge in [-0.1, -0.05) is 5.11 Å². The zero-order valence-electron chi connectivity index (χ0n) is 19.5. The Morgan fingerprint density at radius 3 is 2.51 bits per heavy atom. The van der Waals surface area contributed by atoms with Crippen LogP contribution in [0.5, 0.6) is 0 Å². The third kappa shape index (κ3) is 7.23. The fourth-order valence-corrected chi connectivity index (χ4v) is 4.50. The van der Waals surface area contributed by atoms with Gasteiger partial charge in [0.15, 0.2) is 6.29 Å². The van der Waals surface area contributed by atoms with Gasteiger partial charge in [0.1, 0.15) is 30.6 Å². The van der Waals surface area contributed by atoms with Crippen molar-refractivity contribution >= 4 is 7.82 Å². The maximum atomic E-state index is 12.4. The molecule has 1 aromatic heterocycles. The second-order valence-electron chi connectivity index (χ2n) is 8.28. The van der Waals surface area contributed by atoms with Gasteiger partial charge in [0.25, 0.3) is 5.56 Å². The Morgan fingerprint density at radius 1 is 1.19 bits per heavy atom. The Kier molecular flexibility index (Phi) is 9.99. The summed E-state index contributed by atoms with van der Waals surface area (Å²) in [6, 6.07) is -0.904.